The number of primary sulfonamides is 1. The van der Waals surface area contributed by atoms with Gasteiger partial charge in [0.25, 0.3) is 10.1 Å². The van der Waals surface area contributed by atoms with Gasteiger partial charge in [-0.05, 0) is 0 Å². The number of rotatable bonds is 5. The zero-order valence-corrected chi connectivity index (χ0v) is 9.03. The molecule has 0 aromatic carbocycles. The lowest BCUT2D eigenvalue weighted by atomic mass is 10.3. The predicted octanol–water partition coefficient (Wildman–Crippen LogP) is -2.58. The highest BCUT2D eigenvalue weighted by atomic mass is 32.3. The molecule has 0 fully saturated rings. The van der Waals surface area contributed by atoms with Crippen molar-refractivity contribution >= 4 is 32.1 Å². The number of aliphatic carboxylic acids is 2. The van der Waals surface area contributed by atoms with Crippen molar-refractivity contribution in [2.24, 2.45) is 5.14 Å². The van der Waals surface area contributed by atoms with Gasteiger partial charge < -0.3 is 10.2 Å². The van der Waals surface area contributed by atoms with E-state index in [1.54, 1.807) is 0 Å². The monoisotopic (exact) mass is 277 g/mol. The van der Waals surface area contributed by atoms with Crippen molar-refractivity contribution in [3.63, 3.8) is 0 Å². The molecule has 0 saturated carbocycles. The largest absolute Gasteiger partial charge is 0.481 e. The van der Waals surface area contributed by atoms with Crippen LogP contribution in [0.3, 0.4) is 0 Å². The number of carbonyl (C=O) groups is 2. The van der Waals surface area contributed by atoms with E-state index in [9.17, 15) is 26.4 Å². The summed E-state index contributed by atoms with van der Waals surface area (Å²) in [6, 6.07) is 0. The molecule has 16 heavy (non-hydrogen) atoms. The van der Waals surface area contributed by atoms with Crippen molar-refractivity contribution in [2.75, 3.05) is 0 Å². The Bertz CT molecular complexity index is 482. The summed E-state index contributed by atoms with van der Waals surface area (Å²) in [7, 11) is -11.2. The van der Waals surface area contributed by atoms with Crippen molar-refractivity contribution in [2.45, 2.75) is 10.5 Å². The Labute approximate surface area is 89.5 Å². The van der Waals surface area contributed by atoms with Gasteiger partial charge >= 0.3 is 16.0 Å². The molecule has 0 saturated heterocycles. The van der Waals surface area contributed by atoms with Crippen LogP contribution in [0, 0.1) is 0 Å². The smallest absolute Gasteiger partial charge is 0.345 e. The normalized spacial score (nSPS) is 16.4. The molecule has 10 nitrogen and oxygen atoms in total. The highest BCUT2D eigenvalue weighted by molar-refractivity contribution is 8.08. The first kappa shape index (κ1) is 14.8. The number of hydrogen-bond donors (Lipinski definition) is 4. The number of sulfonamides is 1. The van der Waals surface area contributed by atoms with E-state index in [1.807, 2.05) is 0 Å². The van der Waals surface area contributed by atoms with Crippen LogP contribution in [0.5, 0.6) is 0 Å². The van der Waals surface area contributed by atoms with Crippen molar-refractivity contribution in [3.05, 3.63) is 0 Å². The minimum Gasteiger partial charge on any atom is -0.481 e. The lowest BCUT2D eigenvalue weighted by Gasteiger charge is -2.21. The zero-order chi connectivity index (χ0) is 13.4. The standard InChI is InChI=1S/C4H7NO9S2/c5-15(10,11)4(3(8)9,1-2(6)7)16(12,13)14/h1H2,(H,6,7)(H,8,9)(H2,5,10,11)(H,12,13,14). The molecule has 0 heterocycles. The maximum absolute atomic E-state index is 10.9. The second-order valence-electron chi connectivity index (χ2n) is 2.65. The maximum atomic E-state index is 10.9. The fourth-order valence-corrected chi connectivity index (χ4v) is 3.11. The van der Waals surface area contributed by atoms with Crippen LogP contribution in [0.25, 0.3) is 0 Å². The second-order valence-corrected chi connectivity index (χ2v) is 6.34. The van der Waals surface area contributed by atoms with Crippen molar-refractivity contribution in [3.8, 4) is 0 Å². The minimum atomic E-state index is -5.77. The average molecular weight is 277 g/mol. The van der Waals surface area contributed by atoms with Crippen LogP contribution in [0.1, 0.15) is 6.42 Å². The van der Waals surface area contributed by atoms with E-state index in [0.29, 0.717) is 0 Å². The average Bonchev–Trinajstić information content (AvgIpc) is 1.93. The molecular formula is C4H7NO9S2. The molecule has 0 aromatic rings. The molecule has 0 aliphatic rings. The first-order chi connectivity index (χ1) is 6.86. The quantitative estimate of drug-likeness (QED) is 0.391. The molecule has 0 amide bonds. The van der Waals surface area contributed by atoms with Gasteiger partial charge in [0.15, 0.2) is 0 Å². The summed E-state index contributed by atoms with van der Waals surface area (Å²) in [4.78, 5) is 20.8. The number of carboxylic acids is 2. The summed E-state index contributed by atoms with van der Waals surface area (Å²) in [6.45, 7) is 0. The molecule has 0 aromatic heterocycles. The minimum absolute atomic E-state index is 1.92. The Morgan fingerprint density at radius 1 is 1.12 bits per heavy atom. The first-order valence-electron chi connectivity index (χ1n) is 3.31. The molecule has 0 bridgehead atoms. The molecular weight excluding hydrogens is 270 g/mol. The van der Waals surface area contributed by atoms with Gasteiger partial charge in [0.2, 0.25) is 10.0 Å². The molecule has 0 spiro atoms. The van der Waals surface area contributed by atoms with E-state index in [0.717, 1.165) is 0 Å². The molecule has 1 atom stereocenters. The second kappa shape index (κ2) is 3.97. The van der Waals surface area contributed by atoms with Crippen LogP contribution in [0.4, 0.5) is 0 Å². The Balaban J connectivity index is 6.27. The molecule has 12 heteroatoms. The lowest BCUT2D eigenvalue weighted by Crippen LogP contribution is -2.56. The van der Waals surface area contributed by atoms with E-state index in [1.165, 1.54) is 0 Å². The third-order valence-electron chi connectivity index (χ3n) is 1.59. The predicted molar refractivity (Wildman–Crippen MR) is 47.3 cm³/mol. The summed E-state index contributed by atoms with van der Waals surface area (Å²) < 4.78 is 47.7. The van der Waals surface area contributed by atoms with Crippen molar-refractivity contribution < 1.29 is 41.2 Å². The number of hydrogen-bond acceptors (Lipinski definition) is 6. The lowest BCUT2D eigenvalue weighted by molar-refractivity contribution is -0.144. The van der Waals surface area contributed by atoms with Crippen LogP contribution in [0.15, 0.2) is 0 Å². The summed E-state index contributed by atoms with van der Waals surface area (Å²) in [5, 5.41) is 21.1. The van der Waals surface area contributed by atoms with E-state index in [4.69, 9.17) is 14.8 Å². The Morgan fingerprint density at radius 2 is 1.50 bits per heavy atom. The van der Waals surface area contributed by atoms with Crippen LogP contribution < -0.4 is 5.14 Å². The molecule has 5 N–H and O–H groups in total. The fourth-order valence-electron chi connectivity index (χ4n) is 0.845. The highest BCUT2D eigenvalue weighted by Gasteiger charge is 2.62. The van der Waals surface area contributed by atoms with Gasteiger partial charge in [-0.1, -0.05) is 0 Å². The first-order valence-corrected chi connectivity index (χ1v) is 6.29. The molecule has 0 rings (SSSR count). The van der Waals surface area contributed by atoms with Gasteiger partial charge in [0.1, 0.15) is 0 Å². The summed E-state index contributed by atoms with van der Waals surface area (Å²) in [6.07, 6.45) is -1.92. The van der Waals surface area contributed by atoms with Gasteiger partial charge in [-0.25, -0.2) is 18.4 Å². The van der Waals surface area contributed by atoms with E-state index in [2.05, 4.69) is 5.14 Å². The maximum Gasteiger partial charge on any atom is 0.345 e. The van der Waals surface area contributed by atoms with Gasteiger partial charge in [-0.15, -0.1) is 0 Å². The molecule has 0 aliphatic heterocycles. The molecule has 0 radical (unpaired) electrons. The third-order valence-corrected chi connectivity index (χ3v) is 5.31. The van der Waals surface area contributed by atoms with Crippen molar-refractivity contribution in [1.82, 2.24) is 0 Å². The van der Waals surface area contributed by atoms with Gasteiger partial charge in [-0.3, -0.25) is 9.35 Å². The number of nitrogens with two attached hydrogens (primary N) is 1. The van der Waals surface area contributed by atoms with Gasteiger partial charge in [0.05, 0.1) is 6.42 Å². The topological polar surface area (TPSA) is 189 Å². The van der Waals surface area contributed by atoms with E-state index < -0.39 is 42.6 Å². The SMILES string of the molecule is NS(=O)(=O)C(CC(=O)O)(C(=O)O)S(=O)(=O)O. The van der Waals surface area contributed by atoms with Gasteiger partial charge in [-0.2, -0.15) is 8.42 Å². The summed E-state index contributed by atoms with van der Waals surface area (Å²) >= 11 is 0. The fraction of sp³-hybridized carbons (Fsp3) is 0.500. The number of carboxylic acid groups (broad SMARTS) is 2. The summed E-state index contributed by atoms with van der Waals surface area (Å²) in [5.74, 6) is -4.67. The third kappa shape index (κ3) is 2.29. The van der Waals surface area contributed by atoms with Crippen molar-refractivity contribution in [1.29, 1.82) is 0 Å². The zero-order valence-electron chi connectivity index (χ0n) is 7.39. The van der Waals surface area contributed by atoms with Crippen LogP contribution in [0.2, 0.25) is 0 Å². The van der Waals surface area contributed by atoms with E-state index in [-0.39, 0.29) is 0 Å². The Morgan fingerprint density at radius 3 is 1.56 bits per heavy atom. The van der Waals surface area contributed by atoms with Gasteiger partial charge in [0, 0.05) is 0 Å². The molecule has 94 valence electrons. The Kier molecular flexibility index (Phi) is 3.66. The van der Waals surface area contributed by atoms with Crippen LogP contribution >= 0.6 is 0 Å². The molecule has 0 aliphatic carbocycles. The van der Waals surface area contributed by atoms with E-state index >= 15 is 0 Å². The van der Waals surface area contributed by atoms with Crippen LogP contribution in [-0.2, 0) is 29.7 Å². The highest BCUT2D eigenvalue weighted by Crippen LogP contribution is 2.26. The molecule has 1 unspecified atom stereocenters. The summed E-state index contributed by atoms with van der Waals surface area (Å²) in [5.41, 5.74) is 0. The Hall–Kier alpha value is -1.24. The van der Waals surface area contributed by atoms with Crippen LogP contribution in [-0.4, -0.2) is 47.6 Å².